The van der Waals surface area contributed by atoms with E-state index in [0.717, 1.165) is 4.47 Å². The van der Waals surface area contributed by atoms with E-state index in [0.29, 0.717) is 0 Å². The van der Waals surface area contributed by atoms with Crippen LogP contribution in [-0.4, -0.2) is 32.9 Å². The number of halogens is 3. The van der Waals surface area contributed by atoms with Crippen molar-refractivity contribution in [3.05, 3.63) is 22.8 Å². The highest BCUT2D eigenvalue weighted by Gasteiger charge is 2.41. The van der Waals surface area contributed by atoms with Crippen molar-refractivity contribution in [3.63, 3.8) is 0 Å². The van der Waals surface area contributed by atoms with E-state index in [1.54, 1.807) is 32.9 Å². The van der Waals surface area contributed by atoms with Crippen molar-refractivity contribution >= 4 is 27.3 Å². The maximum absolute atomic E-state index is 14.0. The molecule has 1 rings (SSSR count). The molecule has 0 radical (unpaired) electrons. The van der Waals surface area contributed by atoms with Gasteiger partial charge in [-0.05, 0) is 33.8 Å². The molecule has 1 aromatic heterocycles. The van der Waals surface area contributed by atoms with Gasteiger partial charge in [-0.1, -0.05) is 15.9 Å². The number of alkyl halides is 2. The third-order valence-electron chi connectivity index (χ3n) is 2.86. The summed E-state index contributed by atoms with van der Waals surface area (Å²) in [6.07, 6.45) is 1.03. The van der Waals surface area contributed by atoms with Gasteiger partial charge in [0.25, 0.3) is 5.92 Å². The van der Waals surface area contributed by atoms with E-state index in [4.69, 9.17) is 4.74 Å². The summed E-state index contributed by atoms with van der Waals surface area (Å²) >= 11 is 1.70. The zero-order chi connectivity index (χ0) is 17.0. The third kappa shape index (κ3) is 6.36. The molecule has 0 spiro atoms. The Balaban J connectivity index is 2.49. The first-order valence-corrected chi connectivity index (χ1v) is 8.77. The lowest BCUT2D eigenvalue weighted by Gasteiger charge is -2.30. The predicted molar refractivity (Wildman–Crippen MR) is 87.5 cm³/mol. The van der Waals surface area contributed by atoms with Crippen LogP contribution in [0.25, 0.3) is 0 Å². The van der Waals surface area contributed by atoms with Crippen LogP contribution in [0.5, 0.6) is 5.88 Å². The van der Waals surface area contributed by atoms with E-state index in [9.17, 15) is 13.3 Å². The Morgan fingerprint density at radius 3 is 2.64 bits per heavy atom. The summed E-state index contributed by atoms with van der Waals surface area (Å²) in [4.78, 5) is 3.92. The second kappa shape index (κ2) is 7.90. The summed E-state index contributed by atoms with van der Waals surface area (Å²) in [6.45, 7) is 6.32. The van der Waals surface area contributed by atoms with E-state index >= 15 is 0 Å². The molecule has 0 fully saturated rings. The second-order valence-electron chi connectivity index (χ2n) is 5.89. The zero-order valence-electron chi connectivity index (χ0n) is 13.0. The first kappa shape index (κ1) is 19.6. The van der Waals surface area contributed by atoms with E-state index in [1.165, 1.54) is 13.1 Å². The largest absolute Gasteiger partial charge is 0.598 e. The minimum absolute atomic E-state index is 0.176. The molecule has 0 amide bonds. The summed E-state index contributed by atoms with van der Waals surface area (Å²) in [5.74, 6) is -2.75. The van der Waals surface area contributed by atoms with Gasteiger partial charge in [0, 0.05) is 34.5 Å². The van der Waals surface area contributed by atoms with E-state index < -0.39 is 34.5 Å². The standard InChI is InChI=1S/C14H21BrF2N2O2S/c1-10(19-22(20)13(2,3)4)14(16,17)6-8-21-12-9-11(15)5-7-18-12/h5,7,9-10,19H,6,8H2,1-4H3/t10-,22?/m0/s1. The highest BCUT2D eigenvalue weighted by molar-refractivity contribution is 9.10. The molecule has 0 aliphatic heterocycles. The summed E-state index contributed by atoms with van der Waals surface area (Å²) in [6, 6.07) is 2.11. The van der Waals surface area contributed by atoms with Crippen LogP contribution < -0.4 is 9.46 Å². The van der Waals surface area contributed by atoms with E-state index in [1.807, 2.05) is 0 Å². The first-order valence-electron chi connectivity index (χ1n) is 6.82. The molecule has 0 aliphatic carbocycles. The van der Waals surface area contributed by atoms with Crippen LogP contribution in [0.1, 0.15) is 34.1 Å². The minimum Gasteiger partial charge on any atom is -0.598 e. The number of ether oxygens (including phenoxy) is 1. The molecule has 0 aromatic carbocycles. The molecule has 126 valence electrons. The Hall–Kier alpha value is -0.440. The van der Waals surface area contributed by atoms with Crippen molar-refractivity contribution in [3.8, 4) is 5.88 Å². The number of nitrogens with zero attached hydrogens (tertiary/aromatic N) is 1. The Labute approximate surface area is 141 Å². The molecule has 1 N–H and O–H groups in total. The highest BCUT2D eigenvalue weighted by Crippen LogP contribution is 2.26. The van der Waals surface area contributed by atoms with Crippen LogP contribution in [0, 0.1) is 0 Å². The predicted octanol–water partition coefficient (Wildman–Crippen LogP) is 3.69. The summed E-state index contributed by atoms with van der Waals surface area (Å²) in [5, 5.41) is 0. The fourth-order valence-electron chi connectivity index (χ4n) is 1.40. The minimum atomic E-state index is -3.03. The average molecular weight is 399 g/mol. The molecule has 0 saturated heterocycles. The Kier molecular flexibility index (Phi) is 7.04. The SMILES string of the molecule is C[C@H](N[S+]([O-])C(C)(C)C)C(F)(F)CCOc1cc(Br)ccn1. The molecule has 4 nitrogen and oxygen atoms in total. The van der Waals surface area contributed by atoms with Gasteiger partial charge in [-0.15, -0.1) is 4.72 Å². The fraction of sp³-hybridized carbons (Fsp3) is 0.643. The van der Waals surface area contributed by atoms with Gasteiger partial charge in [0.1, 0.15) is 10.8 Å². The Bertz CT molecular complexity index is 486. The van der Waals surface area contributed by atoms with Crippen LogP contribution in [0.15, 0.2) is 22.8 Å². The van der Waals surface area contributed by atoms with Gasteiger partial charge in [0.2, 0.25) is 5.88 Å². The van der Waals surface area contributed by atoms with Gasteiger partial charge < -0.3 is 9.29 Å². The van der Waals surface area contributed by atoms with Crippen molar-refractivity contribution in [2.75, 3.05) is 6.61 Å². The van der Waals surface area contributed by atoms with Crippen molar-refractivity contribution < 1.29 is 18.1 Å². The molecule has 0 aliphatic rings. The zero-order valence-corrected chi connectivity index (χ0v) is 15.4. The van der Waals surface area contributed by atoms with Gasteiger partial charge in [-0.3, -0.25) is 0 Å². The Morgan fingerprint density at radius 2 is 2.09 bits per heavy atom. The number of pyridine rings is 1. The van der Waals surface area contributed by atoms with Gasteiger partial charge >= 0.3 is 0 Å². The van der Waals surface area contributed by atoms with Crippen LogP contribution in [0.3, 0.4) is 0 Å². The molecular formula is C14H21BrF2N2O2S. The normalized spacial score (nSPS) is 15.5. The summed E-state index contributed by atoms with van der Waals surface area (Å²) in [5.41, 5.74) is 0. The van der Waals surface area contributed by atoms with Crippen molar-refractivity contribution in [2.24, 2.45) is 0 Å². The molecule has 0 saturated carbocycles. The summed E-state index contributed by atoms with van der Waals surface area (Å²) < 4.78 is 47.8. The van der Waals surface area contributed by atoms with Crippen LogP contribution in [0.2, 0.25) is 0 Å². The Morgan fingerprint density at radius 1 is 1.45 bits per heavy atom. The molecule has 22 heavy (non-hydrogen) atoms. The molecule has 0 bridgehead atoms. The number of hydrogen-bond acceptors (Lipinski definition) is 4. The summed E-state index contributed by atoms with van der Waals surface area (Å²) in [7, 11) is 0. The number of hydrogen-bond donors (Lipinski definition) is 1. The smallest absolute Gasteiger partial charge is 0.270 e. The number of nitrogens with one attached hydrogen (secondary N) is 1. The fourth-order valence-corrected chi connectivity index (χ4v) is 2.56. The molecule has 8 heteroatoms. The molecule has 1 unspecified atom stereocenters. The van der Waals surface area contributed by atoms with Gasteiger partial charge in [-0.25, -0.2) is 13.8 Å². The monoisotopic (exact) mass is 398 g/mol. The maximum Gasteiger partial charge on any atom is 0.270 e. The van der Waals surface area contributed by atoms with Crippen molar-refractivity contribution in [1.82, 2.24) is 9.71 Å². The lowest BCUT2D eigenvalue weighted by atomic mass is 10.1. The van der Waals surface area contributed by atoms with E-state index in [2.05, 4.69) is 25.6 Å². The van der Waals surface area contributed by atoms with Crippen molar-refractivity contribution in [2.45, 2.75) is 50.8 Å². The maximum atomic E-state index is 14.0. The van der Waals surface area contributed by atoms with Crippen LogP contribution in [-0.2, 0) is 11.4 Å². The lowest BCUT2D eigenvalue weighted by Crippen LogP contribution is -2.51. The molecule has 1 aromatic rings. The second-order valence-corrected chi connectivity index (χ2v) is 8.81. The average Bonchev–Trinajstić information content (AvgIpc) is 2.37. The van der Waals surface area contributed by atoms with Gasteiger partial charge in [0.05, 0.1) is 6.61 Å². The quantitative estimate of drug-likeness (QED) is 0.711. The number of aromatic nitrogens is 1. The first-order chi connectivity index (χ1) is 10.0. The third-order valence-corrected chi connectivity index (χ3v) is 5.03. The van der Waals surface area contributed by atoms with Crippen molar-refractivity contribution in [1.29, 1.82) is 0 Å². The molecular weight excluding hydrogens is 378 g/mol. The van der Waals surface area contributed by atoms with E-state index in [-0.39, 0.29) is 12.5 Å². The van der Waals surface area contributed by atoms with Gasteiger partial charge in [-0.2, -0.15) is 0 Å². The van der Waals surface area contributed by atoms with Crippen LogP contribution in [0.4, 0.5) is 8.78 Å². The molecule has 1 heterocycles. The molecule has 2 atom stereocenters. The van der Waals surface area contributed by atoms with Gasteiger partial charge in [0.15, 0.2) is 0 Å². The number of rotatable bonds is 7. The topological polar surface area (TPSA) is 57.2 Å². The lowest BCUT2D eigenvalue weighted by molar-refractivity contribution is -0.0421. The van der Waals surface area contributed by atoms with Crippen LogP contribution >= 0.6 is 15.9 Å². The highest BCUT2D eigenvalue weighted by atomic mass is 79.9.